The quantitative estimate of drug-likeness (QED) is 0.465. The highest BCUT2D eigenvalue weighted by Crippen LogP contribution is 1.94. The Morgan fingerprint density at radius 2 is 2.30 bits per heavy atom. The third-order valence-corrected chi connectivity index (χ3v) is 1.06. The Morgan fingerprint density at radius 3 is 2.80 bits per heavy atom. The van der Waals surface area contributed by atoms with Crippen LogP contribution in [0.3, 0.4) is 0 Å². The Kier molecular flexibility index (Phi) is 5.79. The van der Waals surface area contributed by atoms with Crippen LogP contribution < -0.4 is 0 Å². The number of hydrogen-bond acceptors (Lipinski definition) is 1. The first-order chi connectivity index (χ1) is 4.81. The zero-order valence-electron chi connectivity index (χ0n) is 6.33. The average molecular weight is 138 g/mol. The van der Waals surface area contributed by atoms with E-state index in [2.05, 4.69) is 6.58 Å². The topological polar surface area (TPSA) is 20.2 Å². The van der Waals surface area contributed by atoms with Crippen LogP contribution in [0, 0.1) is 0 Å². The van der Waals surface area contributed by atoms with E-state index in [1.54, 1.807) is 12.2 Å². The van der Waals surface area contributed by atoms with Gasteiger partial charge in [0.15, 0.2) is 0 Å². The van der Waals surface area contributed by atoms with Crippen LogP contribution in [0.5, 0.6) is 0 Å². The van der Waals surface area contributed by atoms with Gasteiger partial charge >= 0.3 is 0 Å². The smallest absolute Gasteiger partial charge is 0.0755 e. The number of aliphatic hydroxyl groups excluding tert-OH is 1. The lowest BCUT2D eigenvalue weighted by atomic mass is 10.2. The maximum Gasteiger partial charge on any atom is 0.0755 e. The van der Waals surface area contributed by atoms with E-state index in [1.165, 1.54) is 0 Å². The molecule has 0 saturated carbocycles. The van der Waals surface area contributed by atoms with Crippen molar-refractivity contribution in [3.8, 4) is 0 Å². The summed E-state index contributed by atoms with van der Waals surface area (Å²) in [7, 11) is 0. The van der Waals surface area contributed by atoms with Gasteiger partial charge in [-0.3, -0.25) is 0 Å². The Morgan fingerprint density at radius 1 is 1.60 bits per heavy atom. The van der Waals surface area contributed by atoms with E-state index in [1.807, 2.05) is 25.2 Å². The van der Waals surface area contributed by atoms with Crippen LogP contribution in [0.15, 0.2) is 37.0 Å². The molecule has 1 heteroatoms. The highest BCUT2D eigenvalue weighted by Gasteiger charge is 1.91. The first-order valence-corrected chi connectivity index (χ1v) is 3.39. The number of rotatable bonds is 4. The lowest BCUT2D eigenvalue weighted by Gasteiger charge is -1.97. The van der Waals surface area contributed by atoms with Crippen molar-refractivity contribution >= 4 is 0 Å². The first-order valence-electron chi connectivity index (χ1n) is 3.39. The summed E-state index contributed by atoms with van der Waals surface area (Å²) < 4.78 is 0. The highest BCUT2D eigenvalue weighted by molar-refractivity contribution is 5.00. The van der Waals surface area contributed by atoms with Crippen LogP contribution in [-0.2, 0) is 0 Å². The molecule has 10 heavy (non-hydrogen) atoms. The predicted octanol–water partition coefficient (Wildman–Crippen LogP) is 2.06. The highest BCUT2D eigenvalue weighted by atomic mass is 16.3. The van der Waals surface area contributed by atoms with Gasteiger partial charge in [0.1, 0.15) is 0 Å². The van der Waals surface area contributed by atoms with E-state index in [-0.39, 0.29) is 6.10 Å². The minimum absolute atomic E-state index is 0.346. The summed E-state index contributed by atoms with van der Waals surface area (Å²) in [5.74, 6) is 0. The zero-order valence-corrected chi connectivity index (χ0v) is 6.33. The van der Waals surface area contributed by atoms with Crippen molar-refractivity contribution < 1.29 is 5.11 Å². The molecule has 56 valence electrons. The molecule has 1 N–H and O–H groups in total. The minimum atomic E-state index is -0.346. The SMILES string of the molecule is C=C/C=C/CC(O)/C=C/C. The second kappa shape index (κ2) is 6.30. The molecule has 0 saturated heterocycles. The largest absolute Gasteiger partial charge is 0.389 e. The average Bonchev–Trinajstić information content (AvgIpc) is 1.89. The molecule has 0 aromatic carbocycles. The van der Waals surface area contributed by atoms with Crippen molar-refractivity contribution in [3.05, 3.63) is 37.0 Å². The Bertz CT molecular complexity index is 134. The van der Waals surface area contributed by atoms with Gasteiger partial charge in [-0.1, -0.05) is 37.0 Å². The van der Waals surface area contributed by atoms with Crippen LogP contribution in [0.1, 0.15) is 13.3 Å². The maximum absolute atomic E-state index is 9.10. The molecular weight excluding hydrogens is 124 g/mol. The van der Waals surface area contributed by atoms with Gasteiger partial charge in [0, 0.05) is 0 Å². The van der Waals surface area contributed by atoms with Crippen molar-refractivity contribution in [3.63, 3.8) is 0 Å². The van der Waals surface area contributed by atoms with Gasteiger partial charge in [0.05, 0.1) is 6.10 Å². The third-order valence-electron chi connectivity index (χ3n) is 1.06. The van der Waals surface area contributed by atoms with E-state index in [0.29, 0.717) is 6.42 Å². The molecule has 0 aliphatic rings. The van der Waals surface area contributed by atoms with Crippen LogP contribution in [0.4, 0.5) is 0 Å². The fourth-order valence-corrected chi connectivity index (χ4v) is 0.615. The minimum Gasteiger partial charge on any atom is -0.389 e. The van der Waals surface area contributed by atoms with E-state index in [9.17, 15) is 0 Å². The van der Waals surface area contributed by atoms with Crippen molar-refractivity contribution in [1.29, 1.82) is 0 Å². The molecule has 1 nitrogen and oxygen atoms in total. The fraction of sp³-hybridized carbons (Fsp3) is 0.333. The Hall–Kier alpha value is -0.820. The molecule has 0 aliphatic heterocycles. The fourth-order valence-electron chi connectivity index (χ4n) is 0.615. The second-order valence-corrected chi connectivity index (χ2v) is 1.99. The maximum atomic E-state index is 9.10. The summed E-state index contributed by atoms with van der Waals surface area (Å²) in [5.41, 5.74) is 0. The zero-order chi connectivity index (χ0) is 7.82. The van der Waals surface area contributed by atoms with Gasteiger partial charge in [-0.05, 0) is 13.3 Å². The van der Waals surface area contributed by atoms with Crippen molar-refractivity contribution in [2.24, 2.45) is 0 Å². The van der Waals surface area contributed by atoms with E-state index >= 15 is 0 Å². The van der Waals surface area contributed by atoms with Crippen LogP contribution in [-0.4, -0.2) is 11.2 Å². The van der Waals surface area contributed by atoms with E-state index < -0.39 is 0 Å². The summed E-state index contributed by atoms with van der Waals surface area (Å²) >= 11 is 0. The number of aliphatic hydroxyl groups is 1. The van der Waals surface area contributed by atoms with Crippen LogP contribution in [0.25, 0.3) is 0 Å². The normalized spacial score (nSPS) is 14.6. The standard InChI is InChI=1S/C9H14O/c1-3-5-6-8-9(10)7-4-2/h3-7,9-10H,1,8H2,2H3/b6-5+,7-4+. The van der Waals surface area contributed by atoms with Crippen molar-refractivity contribution in [1.82, 2.24) is 0 Å². The van der Waals surface area contributed by atoms with Gasteiger partial charge in [-0.25, -0.2) is 0 Å². The number of allylic oxidation sites excluding steroid dienone is 3. The Labute approximate surface area is 62.4 Å². The van der Waals surface area contributed by atoms with Gasteiger partial charge in [0.25, 0.3) is 0 Å². The Balaban J connectivity index is 3.47. The summed E-state index contributed by atoms with van der Waals surface area (Å²) in [5, 5.41) is 9.10. The van der Waals surface area contributed by atoms with Gasteiger partial charge in [-0.15, -0.1) is 0 Å². The lowest BCUT2D eigenvalue weighted by molar-refractivity contribution is 0.227. The molecule has 0 radical (unpaired) electrons. The third kappa shape index (κ3) is 5.32. The van der Waals surface area contributed by atoms with Crippen LogP contribution in [0.2, 0.25) is 0 Å². The van der Waals surface area contributed by atoms with Gasteiger partial charge in [-0.2, -0.15) is 0 Å². The molecule has 0 heterocycles. The summed E-state index contributed by atoms with van der Waals surface area (Å²) in [6.07, 6.45) is 9.32. The predicted molar refractivity (Wildman–Crippen MR) is 44.8 cm³/mol. The first kappa shape index (κ1) is 9.18. The molecular formula is C9H14O. The molecule has 0 rings (SSSR count). The van der Waals surface area contributed by atoms with Crippen molar-refractivity contribution in [2.45, 2.75) is 19.4 Å². The lowest BCUT2D eigenvalue weighted by Crippen LogP contribution is -1.98. The summed E-state index contributed by atoms with van der Waals surface area (Å²) in [6.45, 7) is 5.41. The van der Waals surface area contributed by atoms with Gasteiger partial charge in [0.2, 0.25) is 0 Å². The van der Waals surface area contributed by atoms with E-state index in [0.717, 1.165) is 0 Å². The molecule has 0 aromatic heterocycles. The summed E-state index contributed by atoms with van der Waals surface area (Å²) in [6, 6.07) is 0. The molecule has 0 bridgehead atoms. The second-order valence-electron chi connectivity index (χ2n) is 1.99. The molecule has 1 atom stereocenters. The van der Waals surface area contributed by atoms with Crippen molar-refractivity contribution in [2.75, 3.05) is 0 Å². The van der Waals surface area contributed by atoms with E-state index in [4.69, 9.17) is 5.11 Å². The van der Waals surface area contributed by atoms with Crippen LogP contribution >= 0.6 is 0 Å². The number of hydrogen-bond donors (Lipinski definition) is 1. The monoisotopic (exact) mass is 138 g/mol. The molecule has 1 unspecified atom stereocenters. The van der Waals surface area contributed by atoms with Gasteiger partial charge < -0.3 is 5.11 Å². The molecule has 0 spiro atoms. The molecule has 0 amide bonds. The molecule has 0 fully saturated rings. The molecule has 0 aromatic rings. The molecule has 0 aliphatic carbocycles. The summed E-state index contributed by atoms with van der Waals surface area (Å²) in [4.78, 5) is 0.